The second-order valence-electron chi connectivity index (χ2n) is 14.1. The predicted octanol–water partition coefficient (Wildman–Crippen LogP) is 11.2. The zero-order chi connectivity index (χ0) is 33.3. The highest BCUT2D eigenvalue weighted by Crippen LogP contribution is 2.54. The molecule has 9 rings (SSSR count). The number of hydrogen-bond acceptors (Lipinski definition) is 3. The molecular weight excluding hydrogens is 597 g/mol. The molecule has 0 radical (unpaired) electrons. The molecule has 0 spiro atoms. The van der Waals surface area contributed by atoms with Crippen molar-refractivity contribution in [1.29, 1.82) is 0 Å². The summed E-state index contributed by atoms with van der Waals surface area (Å²) in [5.41, 5.74) is 11.4. The van der Waals surface area contributed by atoms with Crippen molar-refractivity contribution < 1.29 is 0 Å². The first-order valence-corrected chi connectivity index (χ1v) is 17.0. The minimum atomic E-state index is -0.124. The van der Waals surface area contributed by atoms with Crippen LogP contribution in [0.5, 0.6) is 0 Å². The lowest BCUT2D eigenvalue weighted by molar-refractivity contribution is 0.299. The summed E-state index contributed by atoms with van der Waals surface area (Å²) in [4.78, 5) is 15.4. The van der Waals surface area contributed by atoms with Gasteiger partial charge in [-0.2, -0.15) is 0 Å². The molecule has 8 aromatic rings. The number of benzene rings is 6. The summed E-state index contributed by atoms with van der Waals surface area (Å²) in [6.45, 7) is 9.45. The van der Waals surface area contributed by atoms with Gasteiger partial charge in [-0.3, -0.25) is 0 Å². The Hall–Kier alpha value is -5.87. The quantitative estimate of drug-likeness (QED) is 0.194. The molecule has 0 unspecified atom stereocenters. The number of nitrogens with zero attached hydrogens (tertiary/aromatic N) is 4. The molecular formula is C45H36N4. The molecule has 1 aliphatic carbocycles. The van der Waals surface area contributed by atoms with E-state index in [9.17, 15) is 0 Å². The molecule has 0 fully saturated rings. The van der Waals surface area contributed by atoms with Crippen molar-refractivity contribution in [3.63, 3.8) is 0 Å². The van der Waals surface area contributed by atoms with Crippen LogP contribution in [-0.2, 0) is 10.8 Å². The van der Waals surface area contributed by atoms with E-state index in [2.05, 4.69) is 160 Å². The Kier molecular flexibility index (Phi) is 6.47. The maximum absolute atomic E-state index is 5.21. The van der Waals surface area contributed by atoms with Gasteiger partial charge in [0.05, 0.1) is 11.0 Å². The molecule has 1 aliphatic rings. The molecule has 4 nitrogen and oxygen atoms in total. The van der Waals surface area contributed by atoms with Crippen molar-refractivity contribution in [2.75, 3.05) is 0 Å². The van der Waals surface area contributed by atoms with Crippen molar-refractivity contribution >= 4 is 21.8 Å². The molecule has 0 saturated heterocycles. The Labute approximate surface area is 286 Å². The molecule has 6 aromatic carbocycles. The summed E-state index contributed by atoms with van der Waals surface area (Å²) in [7, 11) is 0. The van der Waals surface area contributed by atoms with Gasteiger partial charge in [0.2, 0.25) is 0 Å². The molecule has 0 saturated carbocycles. The van der Waals surface area contributed by atoms with Gasteiger partial charge in [-0.1, -0.05) is 143 Å². The largest absolute Gasteiger partial charge is 0.309 e. The maximum atomic E-state index is 5.21. The average Bonchev–Trinajstić information content (AvgIpc) is 3.48. The highest BCUT2D eigenvalue weighted by atomic mass is 15.0. The first kappa shape index (κ1) is 29.3. The van der Waals surface area contributed by atoms with Crippen LogP contribution in [0.4, 0.5) is 0 Å². The van der Waals surface area contributed by atoms with Crippen molar-refractivity contribution in [2.24, 2.45) is 0 Å². The van der Waals surface area contributed by atoms with Gasteiger partial charge in [-0.25, -0.2) is 15.0 Å². The van der Waals surface area contributed by atoms with E-state index in [0.29, 0.717) is 17.5 Å². The third-order valence-corrected chi connectivity index (χ3v) is 11.0. The highest BCUT2D eigenvalue weighted by molar-refractivity contribution is 6.10. The lowest BCUT2D eigenvalue weighted by atomic mass is 9.55. The van der Waals surface area contributed by atoms with Gasteiger partial charge in [0.25, 0.3) is 0 Å². The summed E-state index contributed by atoms with van der Waals surface area (Å²) in [5, 5.41) is 2.41. The Balaban J connectivity index is 1.26. The fourth-order valence-electron chi connectivity index (χ4n) is 7.69. The number of fused-ring (bicyclic) bond motifs is 6. The Bertz CT molecular complexity index is 2540. The molecule has 0 amide bonds. The molecule has 0 aliphatic heterocycles. The zero-order valence-corrected chi connectivity index (χ0v) is 28.1. The van der Waals surface area contributed by atoms with E-state index in [1.54, 1.807) is 0 Å². The maximum Gasteiger partial charge on any atom is 0.164 e. The van der Waals surface area contributed by atoms with Gasteiger partial charge < -0.3 is 4.57 Å². The van der Waals surface area contributed by atoms with Gasteiger partial charge in [0.15, 0.2) is 17.5 Å². The van der Waals surface area contributed by atoms with E-state index < -0.39 is 0 Å². The Morgan fingerprint density at radius 1 is 0.408 bits per heavy atom. The summed E-state index contributed by atoms with van der Waals surface area (Å²) in [6, 6.07) is 51.5. The summed E-state index contributed by atoms with van der Waals surface area (Å²) in [6.07, 6.45) is 0. The Morgan fingerprint density at radius 3 is 1.69 bits per heavy atom. The van der Waals surface area contributed by atoms with Crippen LogP contribution in [0.1, 0.15) is 38.8 Å². The predicted molar refractivity (Wildman–Crippen MR) is 202 cm³/mol. The zero-order valence-electron chi connectivity index (χ0n) is 28.1. The van der Waals surface area contributed by atoms with E-state index in [4.69, 9.17) is 15.0 Å². The van der Waals surface area contributed by atoms with E-state index in [1.807, 2.05) is 18.2 Å². The van der Waals surface area contributed by atoms with Crippen LogP contribution < -0.4 is 0 Å². The number of aromatic nitrogens is 4. The van der Waals surface area contributed by atoms with Crippen LogP contribution in [-0.4, -0.2) is 19.5 Å². The Morgan fingerprint density at radius 2 is 0.939 bits per heavy atom. The van der Waals surface area contributed by atoms with Crippen LogP contribution in [0.25, 0.3) is 72.8 Å². The van der Waals surface area contributed by atoms with Crippen LogP contribution in [0.2, 0.25) is 0 Å². The van der Waals surface area contributed by atoms with Crippen LogP contribution >= 0.6 is 0 Å². The molecule has 0 bridgehead atoms. The van der Waals surface area contributed by atoms with E-state index in [-0.39, 0.29) is 10.8 Å². The van der Waals surface area contributed by atoms with Gasteiger partial charge in [-0.05, 0) is 63.4 Å². The average molecular weight is 633 g/mol. The third-order valence-electron chi connectivity index (χ3n) is 11.0. The second-order valence-corrected chi connectivity index (χ2v) is 14.1. The van der Waals surface area contributed by atoms with Crippen molar-refractivity contribution in [3.8, 4) is 51.0 Å². The monoisotopic (exact) mass is 632 g/mol. The molecule has 2 aromatic heterocycles. The van der Waals surface area contributed by atoms with Crippen LogP contribution in [0.3, 0.4) is 0 Å². The van der Waals surface area contributed by atoms with Crippen molar-refractivity contribution in [2.45, 2.75) is 38.5 Å². The summed E-state index contributed by atoms with van der Waals surface area (Å²) < 4.78 is 2.33. The summed E-state index contributed by atoms with van der Waals surface area (Å²) in [5.74, 6) is 1.98. The van der Waals surface area contributed by atoms with Gasteiger partial charge in [-0.15, -0.1) is 0 Å². The normalized spacial score (nSPS) is 14.4. The van der Waals surface area contributed by atoms with Gasteiger partial charge in [0.1, 0.15) is 0 Å². The fourth-order valence-corrected chi connectivity index (χ4v) is 7.69. The SMILES string of the molecule is CC1(C)c2ccccc2-c2ccc(-c3nc(-c4ccccc4)nc(-c4ccc5c6ccccc6n(-c6ccccc6)c5c4)n3)cc2C1(C)C. The molecule has 0 atom stereocenters. The molecule has 4 heteroatoms. The van der Waals surface area contributed by atoms with E-state index in [0.717, 1.165) is 27.9 Å². The van der Waals surface area contributed by atoms with E-state index >= 15 is 0 Å². The van der Waals surface area contributed by atoms with Crippen molar-refractivity contribution in [1.82, 2.24) is 19.5 Å². The highest BCUT2D eigenvalue weighted by Gasteiger charge is 2.45. The summed E-state index contributed by atoms with van der Waals surface area (Å²) >= 11 is 0. The van der Waals surface area contributed by atoms with Crippen molar-refractivity contribution in [3.05, 3.63) is 157 Å². The molecule has 49 heavy (non-hydrogen) atoms. The van der Waals surface area contributed by atoms with Crippen LogP contribution in [0.15, 0.2) is 146 Å². The molecule has 0 N–H and O–H groups in total. The number of rotatable bonds is 4. The molecule has 2 heterocycles. The fraction of sp³-hybridized carbons (Fsp3) is 0.133. The minimum Gasteiger partial charge on any atom is -0.309 e. The lowest BCUT2D eigenvalue weighted by Gasteiger charge is -2.48. The van der Waals surface area contributed by atoms with Gasteiger partial charge in [0, 0.05) is 33.2 Å². The topological polar surface area (TPSA) is 43.6 Å². The standard InChI is InChI=1S/C45H36N4/c1-44(2)37-21-13-11-19-33(37)34-25-23-30(27-38(34)45(44,3)4)42-46-41(29-15-7-5-8-16-29)47-43(48-42)31-24-26-36-35-20-12-14-22-39(35)49(40(36)28-31)32-17-9-6-10-18-32/h5-28H,1-4H3. The van der Waals surface area contributed by atoms with Crippen LogP contribution in [0, 0.1) is 0 Å². The third kappa shape index (κ3) is 4.48. The van der Waals surface area contributed by atoms with Gasteiger partial charge >= 0.3 is 0 Å². The second kappa shape index (κ2) is 10.8. The lowest BCUT2D eigenvalue weighted by Crippen LogP contribution is -2.43. The molecule has 236 valence electrons. The minimum absolute atomic E-state index is 0.0682. The smallest absolute Gasteiger partial charge is 0.164 e. The first-order chi connectivity index (χ1) is 23.8. The number of para-hydroxylation sites is 2. The first-order valence-electron chi connectivity index (χ1n) is 17.0. The number of hydrogen-bond donors (Lipinski definition) is 0. The van der Waals surface area contributed by atoms with E-state index in [1.165, 1.54) is 38.5 Å².